The average Bonchev–Trinajstić information content (AvgIpc) is 3.71. The Bertz CT molecular complexity index is 1280. The summed E-state index contributed by atoms with van der Waals surface area (Å²) in [6.07, 6.45) is -3.04. The predicted octanol–water partition coefficient (Wildman–Crippen LogP) is 6.37. The van der Waals surface area contributed by atoms with Gasteiger partial charge in [0.15, 0.2) is 6.10 Å². The van der Waals surface area contributed by atoms with E-state index in [2.05, 4.69) is 15.6 Å². The van der Waals surface area contributed by atoms with E-state index >= 15 is 0 Å². The van der Waals surface area contributed by atoms with Crippen molar-refractivity contribution in [1.29, 1.82) is 0 Å². The van der Waals surface area contributed by atoms with Gasteiger partial charge in [-0.2, -0.15) is 5.10 Å². The molecule has 39 heavy (non-hydrogen) atoms. The summed E-state index contributed by atoms with van der Waals surface area (Å²) in [6, 6.07) is 9.98. The first-order valence-corrected chi connectivity index (χ1v) is 14.5. The van der Waals surface area contributed by atoms with Crippen LogP contribution in [-0.2, 0) is 21.9 Å². The lowest BCUT2D eigenvalue weighted by molar-refractivity contribution is -0.113. The number of aldehydes is 1. The maximum absolute atomic E-state index is 13.3. The molecule has 2 atom stereocenters. The van der Waals surface area contributed by atoms with Crippen LogP contribution in [0.25, 0.3) is 0 Å². The second-order valence-corrected chi connectivity index (χ2v) is 11.4. The molecule has 2 aromatic heterocycles. The molecule has 1 saturated heterocycles. The number of thiazole rings is 1. The molecule has 3 aromatic rings. The number of oxime groups is 1. The molecule has 4 heterocycles. The van der Waals surface area contributed by atoms with Gasteiger partial charge in [0.25, 0.3) is 12.9 Å². The Morgan fingerprint density at radius 2 is 1.90 bits per heavy atom. The highest BCUT2D eigenvalue weighted by molar-refractivity contribution is 8.13. The van der Waals surface area contributed by atoms with Gasteiger partial charge < -0.3 is 9.63 Å². The van der Waals surface area contributed by atoms with Crippen LogP contribution in [0, 0.1) is 0 Å². The number of aromatic nitrogens is 3. The van der Waals surface area contributed by atoms with Crippen LogP contribution in [0.1, 0.15) is 71.8 Å². The zero-order valence-electron chi connectivity index (χ0n) is 20.8. The fourth-order valence-corrected chi connectivity index (χ4v) is 6.73. The number of carbonyl (C=O) groups is 1. The average molecular weight is 582 g/mol. The predicted molar refractivity (Wildman–Crippen MR) is 141 cm³/mol. The first-order valence-electron chi connectivity index (χ1n) is 12.6. The zero-order chi connectivity index (χ0) is 27.4. The number of halogens is 4. The molecule has 5 rings (SSSR count). The summed E-state index contributed by atoms with van der Waals surface area (Å²) in [5.41, 5.74) is 0.765. The first-order chi connectivity index (χ1) is 18.9. The molecule has 2 aliphatic heterocycles. The van der Waals surface area contributed by atoms with Crippen molar-refractivity contribution in [2.45, 2.75) is 62.5 Å². The van der Waals surface area contributed by atoms with Crippen LogP contribution in [0.15, 0.2) is 46.9 Å². The van der Waals surface area contributed by atoms with E-state index in [0.717, 1.165) is 45.3 Å². The van der Waals surface area contributed by atoms with Gasteiger partial charge in [0.05, 0.1) is 23.3 Å². The Morgan fingerprint density at radius 3 is 2.59 bits per heavy atom. The van der Waals surface area contributed by atoms with Crippen molar-refractivity contribution in [2.24, 2.45) is 5.16 Å². The third kappa shape index (κ3) is 6.69. The summed E-state index contributed by atoms with van der Waals surface area (Å²) in [7, 11) is 0. The number of hydrogen-bond acceptors (Lipinski definition) is 8. The largest absolute Gasteiger partial charge is 0.387 e. The first kappa shape index (κ1) is 27.8. The summed E-state index contributed by atoms with van der Waals surface area (Å²) in [5, 5.41) is 11.9. The second kappa shape index (κ2) is 12.6. The van der Waals surface area contributed by atoms with Crippen molar-refractivity contribution in [3.05, 3.63) is 69.4 Å². The fraction of sp³-hybridized carbons (Fsp3) is 0.462. The Balaban J connectivity index is 1.11. The molecule has 13 heteroatoms. The van der Waals surface area contributed by atoms with Gasteiger partial charge in [0, 0.05) is 23.5 Å². The molecule has 0 radical (unpaired) electrons. The number of hydrogen-bond donors (Lipinski definition) is 0. The number of piperidine rings is 1. The van der Waals surface area contributed by atoms with E-state index in [1.165, 1.54) is 0 Å². The molecule has 7 nitrogen and oxygen atoms in total. The Morgan fingerprint density at radius 1 is 1.13 bits per heavy atom. The number of likely N-dealkylation sites (tertiary alicyclic amines) is 1. The van der Waals surface area contributed by atoms with E-state index in [0.29, 0.717) is 31.2 Å². The van der Waals surface area contributed by atoms with Crippen LogP contribution < -0.4 is 0 Å². The minimum atomic E-state index is -2.96. The molecule has 1 aromatic carbocycles. The fourth-order valence-electron chi connectivity index (χ4n) is 4.80. The normalized spacial score (nSPS) is 19.4. The number of carbonyl (C=O) groups excluding carboxylic acids is 1. The van der Waals surface area contributed by atoms with Gasteiger partial charge >= 0.3 is 0 Å². The molecule has 0 saturated carbocycles. The minimum Gasteiger partial charge on any atom is -0.387 e. The van der Waals surface area contributed by atoms with Crippen molar-refractivity contribution in [3.63, 3.8) is 0 Å². The summed E-state index contributed by atoms with van der Waals surface area (Å²) >= 11 is 3.24. The lowest BCUT2D eigenvalue weighted by Crippen LogP contribution is -2.44. The zero-order valence-corrected chi connectivity index (χ0v) is 22.5. The molecule has 0 aliphatic carbocycles. The van der Waals surface area contributed by atoms with Gasteiger partial charge in [-0.3, -0.25) is 9.58 Å². The van der Waals surface area contributed by atoms with E-state index in [1.807, 2.05) is 35.2 Å². The molecule has 0 amide bonds. The number of benzene rings is 1. The number of thioether (sulfide) groups is 1. The van der Waals surface area contributed by atoms with Crippen molar-refractivity contribution in [1.82, 2.24) is 19.7 Å². The second-order valence-electron chi connectivity index (χ2n) is 9.45. The lowest BCUT2D eigenvalue weighted by Gasteiger charge is -2.34. The van der Waals surface area contributed by atoms with Crippen molar-refractivity contribution in [3.8, 4) is 0 Å². The van der Waals surface area contributed by atoms with Crippen LogP contribution in [0.3, 0.4) is 0 Å². The molecule has 0 bridgehead atoms. The maximum atomic E-state index is 13.3. The standard InChI is InChI=1S/C26H27F4N5O2S2/c27-24(28)20-10-21(25(29)30)35(32-20)12-19(13-36)34-8-6-17(7-9-34)26-31-18(15-39-26)14-38-23-11-22(37-33-23)16-4-2-1-3-5-16/h1-5,10,13,15,17,19,22,24-25H,6-9,11-12,14H2. The molecule has 0 N–H and O–H groups in total. The van der Waals surface area contributed by atoms with Crippen LogP contribution in [0.4, 0.5) is 17.6 Å². The summed E-state index contributed by atoms with van der Waals surface area (Å²) < 4.78 is 53.5. The smallest absolute Gasteiger partial charge is 0.282 e. The van der Waals surface area contributed by atoms with Crippen molar-refractivity contribution in [2.75, 3.05) is 13.1 Å². The molecule has 2 aliphatic rings. The summed E-state index contributed by atoms with van der Waals surface area (Å²) in [5.74, 6) is 0.933. The van der Waals surface area contributed by atoms with E-state index in [9.17, 15) is 22.4 Å². The quantitative estimate of drug-likeness (QED) is 0.205. The number of alkyl halides is 4. The molecule has 208 valence electrons. The monoisotopic (exact) mass is 581 g/mol. The van der Waals surface area contributed by atoms with Crippen LogP contribution in [-0.4, -0.2) is 50.1 Å². The van der Waals surface area contributed by atoms with Gasteiger partial charge in [-0.05, 0) is 37.6 Å². The van der Waals surface area contributed by atoms with E-state index < -0.39 is 30.3 Å². The van der Waals surface area contributed by atoms with Crippen molar-refractivity contribution < 1.29 is 27.2 Å². The van der Waals surface area contributed by atoms with E-state index in [-0.39, 0.29) is 18.6 Å². The molecule has 2 unspecified atom stereocenters. The Kier molecular flexibility index (Phi) is 8.98. The molecule has 1 fully saturated rings. The topological polar surface area (TPSA) is 72.6 Å². The van der Waals surface area contributed by atoms with Crippen LogP contribution in [0.2, 0.25) is 0 Å². The van der Waals surface area contributed by atoms with Gasteiger partial charge in [0.2, 0.25) is 0 Å². The SMILES string of the molecule is O=CC(Cn1nc(C(F)F)cc1C(F)F)N1CCC(c2nc(CSC3=NOC(c4ccccc4)C3)cs2)CC1. The van der Waals surface area contributed by atoms with E-state index in [1.54, 1.807) is 23.1 Å². The molecule has 0 spiro atoms. The maximum Gasteiger partial charge on any atom is 0.282 e. The minimum absolute atomic E-state index is 0.0540. The van der Waals surface area contributed by atoms with Gasteiger partial charge in [0.1, 0.15) is 22.7 Å². The highest BCUT2D eigenvalue weighted by Crippen LogP contribution is 2.35. The lowest BCUT2D eigenvalue weighted by atomic mass is 9.96. The Hall–Kier alpha value is -2.77. The third-order valence-corrected chi connectivity index (χ3v) is 8.98. The highest BCUT2D eigenvalue weighted by atomic mass is 32.2. The molecular weight excluding hydrogens is 554 g/mol. The third-order valence-electron chi connectivity index (χ3n) is 6.91. The highest BCUT2D eigenvalue weighted by Gasteiger charge is 2.30. The van der Waals surface area contributed by atoms with Crippen LogP contribution in [0.5, 0.6) is 0 Å². The van der Waals surface area contributed by atoms with Gasteiger partial charge in [-0.1, -0.05) is 35.5 Å². The molecular formula is C26H27F4N5O2S2. The Labute approximate surface area is 231 Å². The number of rotatable bonds is 10. The van der Waals surface area contributed by atoms with Crippen molar-refractivity contribution >= 4 is 34.4 Å². The van der Waals surface area contributed by atoms with Gasteiger partial charge in [-0.25, -0.2) is 22.5 Å². The van der Waals surface area contributed by atoms with Gasteiger partial charge in [-0.15, -0.1) is 23.1 Å². The summed E-state index contributed by atoms with van der Waals surface area (Å²) in [4.78, 5) is 24.1. The van der Waals surface area contributed by atoms with E-state index in [4.69, 9.17) is 9.82 Å². The van der Waals surface area contributed by atoms with Crippen LogP contribution >= 0.6 is 23.1 Å². The number of nitrogens with zero attached hydrogens (tertiary/aromatic N) is 5. The summed E-state index contributed by atoms with van der Waals surface area (Å²) in [6.45, 7) is 0.942.